The van der Waals surface area contributed by atoms with E-state index in [1.54, 1.807) is 12.3 Å². The molecule has 1 aromatic heterocycles. The van der Waals surface area contributed by atoms with Gasteiger partial charge in [-0.25, -0.2) is 4.98 Å². The second kappa shape index (κ2) is 3.35. The third-order valence-corrected chi connectivity index (χ3v) is 3.01. The number of hydrogen-bond acceptors (Lipinski definition) is 2. The predicted molar refractivity (Wildman–Crippen MR) is 57.9 cm³/mol. The van der Waals surface area contributed by atoms with Crippen molar-refractivity contribution in [2.75, 3.05) is 5.32 Å². The van der Waals surface area contributed by atoms with Crippen LogP contribution in [0.5, 0.6) is 0 Å². The van der Waals surface area contributed by atoms with Gasteiger partial charge in [0.1, 0.15) is 5.82 Å². The molecule has 1 fully saturated rings. The number of nitrogens with zero attached hydrogens (tertiary/aromatic N) is 1. The lowest BCUT2D eigenvalue weighted by Gasteiger charge is -2.08. The van der Waals surface area contributed by atoms with Crippen LogP contribution in [0.3, 0.4) is 0 Å². The van der Waals surface area contributed by atoms with E-state index in [1.165, 1.54) is 0 Å². The van der Waals surface area contributed by atoms with Gasteiger partial charge in [0.05, 0.1) is 0 Å². The van der Waals surface area contributed by atoms with Crippen molar-refractivity contribution in [3.63, 3.8) is 0 Å². The molecule has 1 N–H and O–H groups in total. The Bertz CT molecular complexity index is 374. The van der Waals surface area contributed by atoms with E-state index in [2.05, 4.69) is 26.2 Å². The van der Waals surface area contributed by atoms with Gasteiger partial charge in [-0.3, -0.25) is 4.79 Å². The van der Waals surface area contributed by atoms with Crippen LogP contribution in [0.25, 0.3) is 0 Å². The number of hydrogen-bond donors (Lipinski definition) is 1. The number of carbonyl (C=O) groups is 1. The predicted octanol–water partition coefficient (Wildman–Crippen LogP) is 2.58. The number of carbonyl (C=O) groups excluding carboxylic acids is 1. The quantitative estimate of drug-likeness (QED) is 0.882. The van der Waals surface area contributed by atoms with E-state index < -0.39 is 0 Å². The van der Waals surface area contributed by atoms with Crippen molar-refractivity contribution in [2.24, 2.45) is 5.41 Å². The van der Waals surface area contributed by atoms with Crippen LogP contribution in [0.15, 0.2) is 22.8 Å². The minimum Gasteiger partial charge on any atom is -0.310 e. The maximum Gasteiger partial charge on any atom is 0.231 e. The Hall–Kier alpha value is -0.900. The number of nitrogens with one attached hydrogen (secondary N) is 1. The van der Waals surface area contributed by atoms with Crippen molar-refractivity contribution in [2.45, 2.75) is 19.8 Å². The Morgan fingerprint density at radius 2 is 2.36 bits per heavy atom. The summed E-state index contributed by atoms with van der Waals surface area (Å²) >= 11 is 3.33. The summed E-state index contributed by atoms with van der Waals surface area (Å²) < 4.78 is 0.920. The molecule has 74 valence electrons. The van der Waals surface area contributed by atoms with Gasteiger partial charge in [-0.05, 0) is 25.0 Å². The molecule has 14 heavy (non-hydrogen) atoms. The van der Waals surface area contributed by atoms with E-state index >= 15 is 0 Å². The van der Waals surface area contributed by atoms with Gasteiger partial charge in [0.2, 0.25) is 5.91 Å². The van der Waals surface area contributed by atoms with Gasteiger partial charge in [-0.2, -0.15) is 0 Å². The van der Waals surface area contributed by atoms with Gasteiger partial charge in [0.15, 0.2) is 0 Å². The number of aromatic nitrogens is 1. The highest BCUT2D eigenvalue weighted by Crippen LogP contribution is 2.45. The minimum absolute atomic E-state index is 0.0723. The molecule has 0 aromatic carbocycles. The van der Waals surface area contributed by atoms with Crippen LogP contribution < -0.4 is 5.32 Å². The molecular formula is C10H11BrN2O. The molecule has 3 nitrogen and oxygen atoms in total. The van der Waals surface area contributed by atoms with Crippen LogP contribution in [0, 0.1) is 5.41 Å². The van der Waals surface area contributed by atoms with Crippen molar-refractivity contribution in [3.05, 3.63) is 22.8 Å². The molecule has 1 saturated carbocycles. The van der Waals surface area contributed by atoms with Gasteiger partial charge < -0.3 is 5.32 Å². The normalized spacial score (nSPS) is 17.6. The molecule has 1 heterocycles. The largest absolute Gasteiger partial charge is 0.310 e. The fraction of sp³-hybridized carbons (Fsp3) is 0.400. The molecule has 2 rings (SSSR count). The third kappa shape index (κ3) is 1.95. The molecule has 1 amide bonds. The van der Waals surface area contributed by atoms with Gasteiger partial charge in [0.25, 0.3) is 0 Å². The van der Waals surface area contributed by atoms with Crippen molar-refractivity contribution in [1.82, 2.24) is 4.98 Å². The molecule has 0 radical (unpaired) electrons. The standard InChI is InChI=1S/C10H11BrN2O/c1-10(3-4-10)9(14)13-8-6-7(11)2-5-12-8/h2,5-6H,3-4H2,1H3,(H,12,13,14). The zero-order valence-corrected chi connectivity index (χ0v) is 9.47. The summed E-state index contributed by atoms with van der Waals surface area (Å²) in [5.41, 5.74) is -0.149. The highest BCUT2D eigenvalue weighted by Gasteiger charge is 2.44. The van der Waals surface area contributed by atoms with Crippen LogP contribution in [0.4, 0.5) is 5.82 Å². The van der Waals surface area contributed by atoms with Gasteiger partial charge >= 0.3 is 0 Å². The SMILES string of the molecule is CC1(C(=O)Nc2cc(Br)ccn2)CC1. The maximum absolute atomic E-state index is 11.6. The van der Waals surface area contributed by atoms with E-state index in [1.807, 2.05) is 13.0 Å². The molecule has 1 aliphatic carbocycles. The summed E-state index contributed by atoms with van der Waals surface area (Å²) in [6.45, 7) is 1.97. The highest BCUT2D eigenvalue weighted by molar-refractivity contribution is 9.10. The van der Waals surface area contributed by atoms with Crippen LogP contribution in [0.1, 0.15) is 19.8 Å². The van der Waals surface area contributed by atoms with Gasteiger partial charge in [0, 0.05) is 16.1 Å². The molecule has 0 bridgehead atoms. The van der Waals surface area contributed by atoms with Crippen LogP contribution in [-0.2, 0) is 4.79 Å². The number of halogens is 1. The Kier molecular flexibility index (Phi) is 2.31. The summed E-state index contributed by atoms with van der Waals surface area (Å²) in [6, 6.07) is 3.62. The number of anilines is 1. The lowest BCUT2D eigenvalue weighted by molar-refractivity contribution is -0.120. The average molecular weight is 255 g/mol. The van der Waals surface area contributed by atoms with Crippen molar-refractivity contribution in [3.8, 4) is 0 Å². The molecule has 0 atom stereocenters. The summed E-state index contributed by atoms with van der Waals surface area (Å²) in [4.78, 5) is 15.7. The van der Waals surface area contributed by atoms with E-state index in [0.717, 1.165) is 17.3 Å². The molecular weight excluding hydrogens is 244 g/mol. The van der Waals surface area contributed by atoms with Crippen molar-refractivity contribution in [1.29, 1.82) is 0 Å². The highest BCUT2D eigenvalue weighted by atomic mass is 79.9. The number of rotatable bonds is 2. The molecule has 4 heteroatoms. The summed E-state index contributed by atoms with van der Waals surface area (Å²) in [5, 5.41) is 2.81. The Labute approximate surface area is 91.0 Å². The lowest BCUT2D eigenvalue weighted by atomic mass is 10.1. The third-order valence-electron chi connectivity index (χ3n) is 2.51. The maximum atomic E-state index is 11.6. The summed E-state index contributed by atoms with van der Waals surface area (Å²) in [7, 11) is 0. The first-order valence-electron chi connectivity index (χ1n) is 4.53. The Morgan fingerprint density at radius 1 is 1.64 bits per heavy atom. The van der Waals surface area contributed by atoms with Crippen LogP contribution in [0.2, 0.25) is 0 Å². The topological polar surface area (TPSA) is 42.0 Å². The summed E-state index contributed by atoms with van der Waals surface area (Å²) in [5.74, 6) is 0.681. The van der Waals surface area contributed by atoms with Crippen LogP contribution >= 0.6 is 15.9 Å². The second-order valence-electron chi connectivity index (χ2n) is 3.87. The number of pyridine rings is 1. The molecule has 1 aliphatic rings. The zero-order chi connectivity index (χ0) is 10.2. The zero-order valence-electron chi connectivity index (χ0n) is 7.88. The molecule has 1 aromatic rings. The van der Waals surface area contributed by atoms with E-state index in [9.17, 15) is 4.79 Å². The van der Waals surface area contributed by atoms with E-state index in [4.69, 9.17) is 0 Å². The lowest BCUT2D eigenvalue weighted by Crippen LogP contribution is -2.21. The van der Waals surface area contributed by atoms with E-state index in [-0.39, 0.29) is 11.3 Å². The fourth-order valence-corrected chi connectivity index (χ4v) is 1.49. The van der Waals surface area contributed by atoms with Crippen LogP contribution in [-0.4, -0.2) is 10.9 Å². The first kappa shape index (κ1) is 9.65. The van der Waals surface area contributed by atoms with Crippen molar-refractivity contribution >= 4 is 27.7 Å². The summed E-state index contributed by atoms with van der Waals surface area (Å²) in [6.07, 6.45) is 3.62. The molecule has 0 unspecified atom stereocenters. The number of amides is 1. The second-order valence-corrected chi connectivity index (χ2v) is 4.79. The molecule has 0 aliphatic heterocycles. The van der Waals surface area contributed by atoms with Crippen molar-refractivity contribution < 1.29 is 4.79 Å². The van der Waals surface area contributed by atoms with E-state index in [0.29, 0.717) is 5.82 Å². The van der Waals surface area contributed by atoms with Gasteiger partial charge in [-0.1, -0.05) is 22.9 Å². The van der Waals surface area contributed by atoms with Gasteiger partial charge in [-0.15, -0.1) is 0 Å². The molecule has 0 spiro atoms. The smallest absolute Gasteiger partial charge is 0.231 e. The minimum atomic E-state index is -0.149. The fourth-order valence-electron chi connectivity index (χ4n) is 1.15. The first-order valence-corrected chi connectivity index (χ1v) is 5.32. The Balaban J connectivity index is 2.07. The molecule has 0 saturated heterocycles. The first-order chi connectivity index (χ1) is 6.60. The average Bonchev–Trinajstić information content (AvgIpc) is 2.85. The Morgan fingerprint density at radius 3 is 2.93 bits per heavy atom. The monoisotopic (exact) mass is 254 g/mol.